The summed E-state index contributed by atoms with van der Waals surface area (Å²) in [5, 5.41) is 17.5. The number of aliphatic hydroxyl groups excluding tert-OH is 1. The molecule has 0 bridgehead atoms. The number of carbonyl (C=O) groups is 1. The molecule has 0 heterocycles. The average molecular weight is 363 g/mol. The lowest BCUT2D eigenvalue weighted by molar-refractivity contribution is -0.136. The van der Waals surface area contributed by atoms with Gasteiger partial charge >= 0.3 is 5.97 Å². The molecule has 2 aromatic rings. The molecule has 0 unspecified atom stereocenters. The van der Waals surface area contributed by atoms with Crippen LogP contribution in [0.4, 0.5) is 8.78 Å². The first-order valence-electron chi connectivity index (χ1n) is 6.54. The zero-order valence-corrected chi connectivity index (χ0v) is 13.4. The van der Waals surface area contributed by atoms with Gasteiger partial charge in [-0.25, -0.2) is 8.78 Å². The third-order valence-electron chi connectivity index (χ3n) is 2.75. The zero-order chi connectivity index (χ0) is 17.4. The van der Waals surface area contributed by atoms with Crippen molar-refractivity contribution in [2.24, 2.45) is 0 Å². The fourth-order valence-corrected chi connectivity index (χ4v) is 1.99. The highest BCUT2D eigenvalue weighted by molar-refractivity contribution is 6.30. The number of aliphatic hydroxyl groups is 1. The summed E-state index contributed by atoms with van der Waals surface area (Å²) in [7, 11) is 0. The highest BCUT2D eigenvalue weighted by Crippen LogP contribution is 2.15. The van der Waals surface area contributed by atoms with Crippen LogP contribution in [-0.4, -0.2) is 22.8 Å². The third-order valence-corrected chi connectivity index (χ3v) is 3.22. The SMILES string of the molecule is O=C(O)Cc1ccc(Cl)cc1F.OCCc1ccc(Cl)cc1F. The van der Waals surface area contributed by atoms with E-state index in [0.29, 0.717) is 17.0 Å². The molecule has 0 saturated carbocycles. The minimum absolute atomic E-state index is 0.0431. The van der Waals surface area contributed by atoms with Gasteiger partial charge in [-0.15, -0.1) is 0 Å². The van der Waals surface area contributed by atoms with Gasteiger partial charge in [0.25, 0.3) is 0 Å². The number of halogens is 4. The van der Waals surface area contributed by atoms with Crippen molar-refractivity contribution in [3.05, 3.63) is 69.2 Å². The lowest BCUT2D eigenvalue weighted by Gasteiger charge is -1.99. The summed E-state index contributed by atoms with van der Waals surface area (Å²) in [6.07, 6.45) is 0.0198. The Morgan fingerprint density at radius 1 is 0.957 bits per heavy atom. The van der Waals surface area contributed by atoms with Crippen molar-refractivity contribution in [1.82, 2.24) is 0 Å². The van der Waals surface area contributed by atoms with Crippen LogP contribution in [0.2, 0.25) is 10.0 Å². The van der Waals surface area contributed by atoms with Gasteiger partial charge in [0.15, 0.2) is 0 Å². The maximum atomic E-state index is 12.9. The molecule has 0 aromatic heterocycles. The average Bonchev–Trinajstić information content (AvgIpc) is 2.46. The van der Waals surface area contributed by atoms with E-state index in [9.17, 15) is 13.6 Å². The van der Waals surface area contributed by atoms with E-state index < -0.39 is 11.8 Å². The van der Waals surface area contributed by atoms with Crippen LogP contribution < -0.4 is 0 Å². The Balaban J connectivity index is 0.000000231. The molecule has 0 saturated heterocycles. The molecule has 0 amide bonds. The quantitative estimate of drug-likeness (QED) is 0.859. The summed E-state index contributed by atoms with van der Waals surface area (Å²) in [5.41, 5.74) is 0.642. The van der Waals surface area contributed by atoms with E-state index in [0.717, 1.165) is 6.07 Å². The lowest BCUT2D eigenvalue weighted by atomic mass is 10.1. The van der Waals surface area contributed by atoms with E-state index >= 15 is 0 Å². The maximum absolute atomic E-state index is 12.9. The van der Waals surface area contributed by atoms with Crippen LogP contribution in [0.1, 0.15) is 11.1 Å². The topological polar surface area (TPSA) is 57.5 Å². The molecular weight excluding hydrogens is 349 g/mol. The van der Waals surface area contributed by atoms with Crippen LogP contribution in [0.25, 0.3) is 0 Å². The van der Waals surface area contributed by atoms with Crippen molar-refractivity contribution in [2.45, 2.75) is 12.8 Å². The summed E-state index contributed by atoms with van der Waals surface area (Å²) < 4.78 is 25.7. The smallest absolute Gasteiger partial charge is 0.307 e. The summed E-state index contributed by atoms with van der Waals surface area (Å²) in [6.45, 7) is -0.0431. The molecule has 0 radical (unpaired) electrons. The number of hydrogen-bond acceptors (Lipinski definition) is 2. The van der Waals surface area contributed by atoms with Crippen molar-refractivity contribution in [3.8, 4) is 0 Å². The van der Waals surface area contributed by atoms with Crippen molar-refractivity contribution in [1.29, 1.82) is 0 Å². The Morgan fingerprint density at radius 3 is 1.83 bits per heavy atom. The monoisotopic (exact) mass is 362 g/mol. The fraction of sp³-hybridized carbons (Fsp3) is 0.188. The van der Waals surface area contributed by atoms with Gasteiger partial charge in [0.05, 0.1) is 6.42 Å². The van der Waals surface area contributed by atoms with E-state index in [4.69, 9.17) is 33.4 Å². The first kappa shape index (κ1) is 19.4. The van der Waals surface area contributed by atoms with Crippen molar-refractivity contribution < 1.29 is 23.8 Å². The van der Waals surface area contributed by atoms with Gasteiger partial charge < -0.3 is 10.2 Å². The fourth-order valence-electron chi connectivity index (χ4n) is 1.67. The van der Waals surface area contributed by atoms with Gasteiger partial charge in [-0.2, -0.15) is 0 Å². The lowest BCUT2D eigenvalue weighted by Crippen LogP contribution is -2.01. The normalized spacial score (nSPS) is 9.96. The predicted octanol–water partition coefficient (Wildman–Crippen LogP) is 4.12. The Bertz CT molecular complexity index is 678. The molecule has 124 valence electrons. The molecule has 2 N–H and O–H groups in total. The molecule has 0 aliphatic carbocycles. The highest BCUT2D eigenvalue weighted by atomic mass is 35.5. The number of carboxylic acids is 1. The maximum Gasteiger partial charge on any atom is 0.307 e. The second kappa shape index (κ2) is 9.45. The summed E-state index contributed by atoms with van der Waals surface area (Å²) >= 11 is 11.0. The molecule has 0 atom stereocenters. The number of aliphatic carboxylic acids is 1. The van der Waals surface area contributed by atoms with Crippen LogP contribution in [0.15, 0.2) is 36.4 Å². The Labute approximate surface area is 142 Å². The Morgan fingerprint density at radius 2 is 1.43 bits per heavy atom. The second-order valence-electron chi connectivity index (χ2n) is 4.52. The Hall–Kier alpha value is -1.69. The first-order valence-corrected chi connectivity index (χ1v) is 7.29. The minimum atomic E-state index is -1.06. The molecule has 0 spiro atoms. The van der Waals surface area contributed by atoms with Gasteiger partial charge in [-0.05, 0) is 41.8 Å². The number of hydrogen-bond donors (Lipinski definition) is 2. The van der Waals surface area contributed by atoms with Gasteiger partial charge in [-0.1, -0.05) is 35.3 Å². The Kier molecular flexibility index (Phi) is 7.95. The van der Waals surface area contributed by atoms with Crippen LogP contribution in [0, 0.1) is 11.6 Å². The van der Waals surface area contributed by atoms with Gasteiger partial charge in [0, 0.05) is 16.7 Å². The van der Waals surface area contributed by atoms with Crippen molar-refractivity contribution >= 4 is 29.2 Å². The molecule has 2 rings (SSSR count). The molecule has 23 heavy (non-hydrogen) atoms. The number of rotatable bonds is 4. The molecule has 7 heteroatoms. The third kappa shape index (κ3) is 6.95. The van der Waals surface area contributed by atoms with E-state index in [2.05, 4.69) is 0 Å². The van der Waals surface area contributed by atoms with Crippen LogP contribution in [0.3, 0.4) is 0 Å². The largest absolute Gasteiger partial charge is 0.481 e. The number of carboxylic acid groups (broad SMARTS) is 1. The molecule has 0 aliphatic rings. The first-order chi connectivity index (χ1) is 10.8. The number of benzene rings is 2. The van der Waals surface area contributed by atoms with Crippen LogP contribution in [-0.2, 0) is 17.6 Å². The van der Waals surface area contributed by atoms with Crippen molar-refractivity contribution in [2.75, 3.05) is 6.61 Å². The predicted molar refractivity (Wildman–Crippen MR) is 84.9 cm³/mol. The van der Waals surface area contributed by atoms with E-state index in [1.54, 1.807) is 12.1 Å². The van der Waals surface area contributed by atoms with Gasteiger partial charge in [0.1, 0.15) is 11.6 Å². The van der Waals surface area contributed by atoms with Crippen molar-refractivity contribution in [3.63, 3.8) is 0 Å². The molecular formula is C16H14Cl2F2O3. The van der Waals surface area contributed by atoms with Crippen LogP contribution in [0.5, 0.6) is 0 Å². The van der Waals surface area contributed by atoms with Gasteiger partial charge in [-0.3, -0.25) is 4.79 Å². The van der Waals surface area contributed by atoms with Gasteiger partial charge in [0.2, 0.25) is 0 Å². The van der Waals surface area contributed by atoms with Crippen LogP contribution >= 0.6 is 23.2 Å². The molecule has 2 aromatic carbocycles. The summed E-state index contributed by atoms with van der Waals surface area (Å²) in [6, 6.07) is 8.35. The summed E-state index contributed by atoms with van der Waals surface area (Å²) in [5.74, 6) is -1.99. The zero-order valence-electron chi connectivity index (χ0n) is 11.9. The minimum Gasteiger partial charge on any atom is -0.481 e. The van der Waals surface area contributed by atoms with E-state index in [1.807, 2.05) is 0 Å². The highest BCUT2D eigenvalue weighted by Gasteiger charge is 2.06. The molecule has 0 fully saturated rings. The second-order valence-corrected chi connectivity index (χ2v) is 5.39. The molecule has 0 aliphatic heterocycles. The van der Waals surface area contributed by atoms with E-state index in [1.165, 1.54) is 18.2 Å². The standard InChI is InChI=1S/C8H6ClFO2.C8H8ClFO/c9-6-2-1-5(3-8(11)12)7(10)4-6;9-7-2-1-6(3-4-11)8(10)5-7/h1-2,4H,3H2,(H,11,12);1-2,5,11H,3-4H2. The molecule has 3 nitrogen and oxygen atoms in total. The van der Waals surface area contributed by atoms with E-state index in [-0.39, 0.29) is 29.4 Å². The summed E-state index contributed by atoms with van der Waals surface area (Å²) in [4.78, 5) is 10.2.